The Morgan fingerprint density at radius 1 is 0.283 bits per heavy atom. The molecule has 0 aliphatic rings. The van der Waals surface area contributed by atoms with Crippen molar-refractivity contribution in [3.8, 4) is 0 Å². The van der Waals surface area contributed by atoms with E-state index in [0.29, 0.717) is 0 Å². The molecule has 0 aromatic carbocycles. The summed E-state index contributed by atoms with van der Waals surface area (Å²) in [5.41, 5.74) is 0. The molecule has 0 fully saturated rings. The molecule has 0 heterocycles. The summed E-state index contributed by atoms with van der Waals surface area (Å²) in [6.07, 6.45) is -3.60. The van der Waals surface area contributed by atoms with E-state index in [0.717, 1.165) is 55.4 Å². The van der Waals surface area contributed by atoms with Crippen LogP contribution in [0.5, 0.6) is 0 Å². The van der Waals surface area contributed by atoms with Crippen LogP contribution in [0.25, 0.3) is 0 Å². The summed E-state index contributed by atoms with van der Waals surface area (Å²) in [7, 11) is 0. The van der Waals surface area contributed by atoms with Crippen molar-refractivity contribution in [3.63, 3.8) is 0 Å². The van der Waals surface area contributed by atoms with Crippen LogP contribution < -0.4 is 20.4 Å². The fraction of sp³-hybridized carbons (Fsp3) is 0.500. The van der Waals surface area contributed by atoms with Gasteiger partial charge in [-0.05, 0) is 55.4 Å². The Morgan fingerprint density at radius 2 is 0.377 bits per heavy atom. The van der Waals surface area contributed by atoms with Gasteiger partial charge in [0.25, 0.3) is 0 Å². The van der Waals surface area contributed by atoms with E-state index in [9.17, 15) is 97.1 Å². The molecule has 0 spiro atoms. The standard InChI is InChI=1S/4C8H10O5.Zr/c4*1-4(9)8(5(2)10)6(11)3-7(12)13;/h4*8H,3H2,1-2H3,(H,12,13);/q;;;;+4/p-4. The van der Waals surface area contributed by atoms with Crippen molar-refractivity contribution in [1.82, 2.24) is 0 Å². The number of carboxylic acids is 4. The molecule has 21 heteroatoms. The summed E-state index contributed by atoms with van der Waals surface area (Å²) >= 11 is 0. The van der Waals surface area contributed by atoms with Gasteiger partial charge in [-0.2, -0.15) is 0 Å². The fourth-order valence-corrected chi connectivity index (χ4v) is 3.94. The summed E-state index contributed by atoms with van der Waals surface area (Å²) in [6, 6.07) is 0. The molecule has 0 saturated carbocycles. The zero-order valence-corrected chi connectivity index (χ0v) is 32.3. The zero-order valence-electron chi connectivity index (χ0n) is 29.8. The average Bonchev–Trinajstić information content (AvgIpc) is 2.86. The molecule has 0 radical (unpaired) electrons. The van der Waals surface area contributed by atoms with E-state index >= 15 is 0 Å². The second-order valence-electron chi connectivity index (χ2n) is 10.7. The van der Waals surface area contributed by atoms with Gasteiger partial charge in [0.05, 0.1) is 0 Å². The van der Waals surface area contributed by atoms with E-state index in [2.05, 4.69) is 0 Å². The van der Waals surface area contributed by atoms with E-state index in [1.165, 1.54) is 0 Å². The molecule has 0 unspecified atom stereocenters. The van der Waals surface area contributed by atoms with Gasteiger partial charge < -0.3 is 39.6 Å². The third-order valence-electron chi connectivity index (χ3n) is 5.81. The van der Waals surface area contributed by atoms with Gasteiger partial charge in [-0.1, -0.05) is 0 Å². The maximum Gasteiger partial charge on any atom is 4.00 e. The summed E-state index contributed by atoms with van der Waals surface area (Å²) in [4.78, 5) is 170. The number of rotatable bonds is 20. The molecule has 0 aromatic heterocycles. The molecular formula is C32H36O20Zr. The third-order valence-corrected chi connectivity index (χ3v) is 5.81. The van der Waals surface area contributed by atoms with Gasteiger partial charge in [0.15, 0.2) is 23.1 Å². The van der Waals surface area contributed by atoms with Crippen LogP contribution in [-0.2, 0) is 103 Å². The molecule has 288 valence electrons. The fourth-order valence-electron chi connectivity index (χ4n) is 3.94. The number of hydrogen-bond donors (Lipinski definition) is 0. The number of hydrogen-bond acceptors (Lipinski definition) is 20. The van der Waals surface area contributed by atoms with Crippen molar-refractivity contribution < 1.29 is 123 Å². The Bertz CT molecular complexity index is 1240. The topological polar surface area (TPSA) is 365 Å². The van der Waals surface area contributed by atoms with Gasteiger partial charge in [0.2, 0.25) is 0 Å². The van der Waals surface area contributed by atoms with Crippen molar-refractivity contribution in [3.05, 3.63) is 0 Å². The second-order valence-corrected chi connectivity index (χ2v) is 10.7. The molecule has 0 aromatic rings. The van der Waals surface area contributed by atoms with Crippen molar-refractivity contribution in [2.24, 2.45) is 23.7 Å². The Labute approximate surface area is 320 Å². The van der Waals surface area contributed by atoms with E-state index in [4.69, 9.17) is 0 Å². The summed E-state index contributed by atoms with van der Waals surface area (Å²) in [5, 5.41) is 40.0. The average molecular weight is 832 g/mol. The van der Waals surface area contributed by atoms with E-state index in [1.807, 2.05) is 0 Å². The number of aliphatic carboxylic acids is 4. The first-order chi connectivity index (χ1) is 23.4. The SMILES string of the molecule is CC(=O)C(C(C)=O)C(=O)CC(=O)[O-].CC(=O)C(C(C)=O)C(=O)CC(=O)[O-].CC(=O)C(C(C)=O)C(=O)CC(=O)[O-].CC(=O)C(C(C)=O)C(=O)CC(=O)[O-].[Zr+4]. The first-order valence-corrected chi connectivity index (χ1v) is 14.4. The minimum atomic E-state index is -1.59. The molecule has 0 bridgehead atoms. The predicted octanol–water partition coefficient (Wildman–Crippen LogP) is -6.04. The van der Waals surface area contributed by atoms with Crippen LogP contribution in [0.3, 0.4) is 0 Å². The van der Waals surface area contributed by atoms with Crippen molar-refractivity contribution in [2.75, 3.05) is 0 Å². The third kappa shape index (κ3) is 27.2. The Kier molecular flexibility index (Phi) is 30.6. The van der Waals surface area contributed by atoms with Gasteiger partial charge in [-0.25, -0.2) is 0 Å². The van der Waals surface area contributed by atoms with E-state index in [1.54, 1.807) is 0 Å². The molecule has 0 amide bonds. The van der Waals surface area contributed by atoms with Crippen molar-refractivity contribution >= 4 is 93.3 Å². The smallest absolute Gasteiger partial charge is 0.550 e. The minimum Gasteiger partial charge on any atom is -0.550 e. The van der Waals surface area contributed by atoms with Gasteiger partial charge in [0, 0.05) is 49.6 Å². The van der Waals surface area contributed by atoms with Gasteiger partial charge in [-0.3, -0.25) is 57.5 Å². The maximum absolute atomic E-state index is 11.0. The van der Waals surface area contributed by atoms with Crippen LogP contribution in [0.4, 0.5) is 0 Å². The summed E-state index contributed by atoms with van der Waals surface area (Å²) in [6.45, 7) is 8.55. The van der Waals surface area contributed by atoms with Crippen LogP contribution in [0.1, 0.15) is 81.1 Å². The Morgan fingerprint density at radius 3 is 0.434 bits per heavy atom. The molecular weight excluding hydrogens is 796 g/mol. The van der Waals surface area contributed by atoms with Gasteiger partial charge in [-0.15, -0.1) is 0 Å². The van der Waals surface area contributed by atoms with Gasteiger partial charge >= 0.3 is 26.2 Å². The van der Waals surface area contributed by atoms with Crippen LogP contribution in [0, 0.1) is 23.7 Å². The van der Waals surface area contributed by atoms with Crippen LogP contribution in [0.2, 0.25) is 0 Å². The number of carbonyl (C=O) groups excluding carboxylic acids is 16. The van der Waals surface area contributed by atoms with Crippen molar-refractivity contribution in [1.29, 1.82) is 0 Å². The molecule has 0 N–H and O–H groups in total. The Balaban J connectivity index is -0.000000192. The largest absolute Gasteiger partial charge is 4.00 e. The predicted molar refractivity (Wildman–Crippen MR) is 158 cm³/mol. The van der Waals surface area contributed by atoms with Crippen molar-refractivity contribution in [2.45, 2.75) is 81.1 Å². The van der Waals surface area contributed by atoms with Crippen LogP contribution in [-0.4, -0.2) is 93.3 Å². The van der Waals surface area contributed by atoms with E-state index < -0.39 is 143 Å². The monoisotopic (exact) mass is 830 g/mol. The number of carboxylic acid groups (broad SMARTS) is 4. The summed E-state index contributed by atoms with van der Waals surface area (Å²) < 4.78 is 0. The second kappa shape index (κ2) is 28.4. The number of ketones is 12. The maximum atomic E-state index is 11.0. The number of Topliss-reactive ketones (excluding diaryl/α,β-unsaturated/α-hetero) is 12. The molecule has 53 heavy (non-hydrogen) atoms. The Hall–Kier alpha value is -5.20. The normalized spacial score (nSPS) is 9.58. The molecule has 0 aliphatic carbocycles. The van der Waals surface area contributed by atoms with E-state index in [-0.39, 0.29) is 26.2 Å². The van der Waals surface area contributed by atoms with Crippen LogP contribution in [0.15, 0.2) is 0 Å². The minimum absolute atomic E-state index is 0. The van der Waals surface area contributed by atoms with Gasteiger partial charge in [0.1, 0.15) is 69.9 Å². The quantitative estimate of drug-likeness (QED) is 0.103. The van der Waals surface area contributed by atoms with Crippen LogP contribution >= 0.6 is 0 Å². The first-order valence-electron chi connectivity index (χ1n) is 14.4. The molecule has 0 saturated heterocycles. The molecule has 0 atom stereocenters. The summed E-state index contributed by atoms with van der Waals surface area (Å²) in [5.74, 6) is -20.9. The molecule has 20 nitrogen and oxygen atoms in total. The first kappa shape index (κ1) is 57.2. The molecule has 0 rings (SSSR count). The number of carbonyl (C=O) groups is 16. The zero-order chi connectivity index (χ0) is 42.4. The molecule has 0 aliphatic heterocycles.